The molecular weight excluding hydrogens is 544 g/mol. The summed E-state index contributed by atoms with van der Waals surface area (Å²) in [4.78, 5) is 39.3. The Balaban J connectivity index is 1.28. The molecule has 0 spiro atoms. The molecule has 2 aliphatic rings. The molecule has 4 heterocycles. The van der Waals surface area contributed by atoms with E-state index in [2.05, 4.69) is 44.5 Å². The van der Waals surface area contributed by atoms with Crippen molar-refractivity contribution in [2.45, 2.75) is 32.5 Å². The number of hydrogen-bond donors (Lipinski definition) is 2. The molecule has 40 heavy (non-hydrogen) atoms. The maximum absolute atomic E-state index is 12.6. The Hall–Kier alpha value is -3.73. The van der Waals surface area contributed by atoms with Gasteiger partial charge in [-0.05, 0) is 48.9 Å². The number of anilines is 2. The zero-order valence-electron chi connectivity index (χ0n) is 22.1. The zero-order chi connectivity index (χ0) is 27.6. The molecule has 10 heteroatoms. The molecule has 0 bridgehead atoms. The number of methoxy groups -OCH3 is 1. The monoisotopic (exact) mass is 572 g/mol. The molecule has 1 unspecified atom stereocenters. The summed E-state index contributed by atoms with van der Waals surface area (Å²) < 4.78 is 10.5. The standard InChI is InChI=1S/C30H28N4O4S2/c1-18-6-8-22(31-17-18)28(30(36)37-2)32-19-7-9-24-26(14-19)39-25-5-3-4-21(29(25)40-24)23-15-20(16-27(35)33-23)34-10-12-38-13-11-34/h3-9,14-17,28,32H,10-13H2,1-2H3,(H,33,35). The number of fused-ring (bicyclic) bond motifs is 2. The normalized spacial score (nSPS) is 15.1. The number of carbonyl (C=O) groups is 1. The average molecular weight is 573 g/mol. The molecule has 0 radical (unpaired) electrons. The van der Waals surface area contributed by atoms with Gasteiger partial charge in [0.1, 0.15) is 0 Å². The Kier molecular flexibility index (Phi) is 7.55. The third kappa shape index (κ3) is 5.47. The minimum Gasteiger partial charge on any atom is -0.467 e. The number of aromatic amines is 1. The number of aromatic nitrogens is 2. The van der Waals surface area contributed by atoms with Crippen LogP contribution < -0.4 is 15.8 Å². The summed E-state index contributed by atoms with van der Waals surface area (Å²) in [5.74, 6) is -0.403. The fourth-order valence-electron chi connectivity index (χ4n) is 4.77. The van der Waals surface area contributed by atoms with E-state index < -0.39 is 12.0 Å². The first-order valence-corrected chi connectivity index (χ1v) is 14.6. The van der Waals surface area contributed by atoms with E-state index in [-0.39, 0.29) is 5.56 Å². The topological polar surface area (TPSA) is 96.5 Å². The minimum absolute atomic E-state index is 0.121. The Bertz CT molecular complexity index is 1620. The number of hydrogen-bond acceptors (Lipinski definition) is 9. The fraction of sp³-hybridized carbons (Fsp3) is 0.233. The molecule has 2 aliphatic heterocycles. The summed E-state index contributed by atoms with van der Waals surface area (Å²) in [6, 6.07) is 19.0. The number of morpholine rings is 1. The van der Waals surface area contributed by atoms with Gasteiger partial charge < -0.3 is 24.7 Å². The van der Waals surface area contributed by atoms with Crippen LogP contribution in [0.3, 0.4) is 0 Å². The predicted molar refractivity (Wildman–Crippen MR) is 158 cm³/mol. The molecule has 8 nitrogen and oxygen atoms in total. The first-order valence-electron chi connectivity index (χ1n) is 13.0. The van der Waals surface area contributed by atoms with Crippen molar-refractivity contribution in [2.24, 2.45) is 0 Å². The minimum atomic E-state index is -0.723. The molecule has 2 aromatic carbocycles. The highest BCUT2D eigenvalue weighted by atomic mass is 32.2. The molecule has 4 aromatic rings. The van der Waals surface area contributed by atoms with Crippen LogP contribution in [0.2, 0.25) is 0 Å². The molecule has 2 N–H and O–H groups in total. The number of nitrogens with zero attached hydrogens (tertiary/aromatic N) is 2. The lowest BCUT2D eigenvalue weighted by Gasteiger charge is -2.29. The number of benzene rings is 2. The second-order valence-electron chi connectivity index (χ2n) is 9.58. The average Bonchev–Trinajstić information content (AvgIpc) is 2.98. The van der Waals surface area contributed by atoms with Crippen LogP contribution in [-0.2, 0) is 14.3 Å². The van der Waals surface area contributed by atoms with Gasteiger partial charge in [0.25, 0.3) is 0 Å². The molecular formula is C30H28N4O4S2. The van der Waals surface area contributed by atoms with Crippen molar-refractivity contribution in [3.8, 4) is 11.3 Å². The molecule has 204 valence electrons. The Morgan fingerprint density at radius 1 is 1.05 bits per heavy atom. The summed E-state index contributed by atoms with van der Waals surface area (Å²) in [7, 11) is 1.38. The number of carbonyl (C=O) groups excluding carboxylic acids is 1. The van der Waals surface area contributed by atoms with Crippen molar-refractivity contribution in [1.29, 1.82) is 0 Å². The van der Waals surface area contributed by atoms with Crippen LogP contribution >= 0.6 is 23.5 Å². The van der Waals surface area contributed by atoms with Crippen molar-refractivity contribution in [3.63, 3.8) is 0 Å². The van der Waals surface area contributed by atoms with Gasteiger partial charge in [-0.2, -0.15) is 0 Å². The van der Waals surface area contributed by atoms with E-state index in [0.717, 1.165) is 60.9 Å². The number of aryl methyl sites for hydroxylation is 1. The van der Waals surface area contributed by atoms with Gasteiger partial charge in [-0.25, -0.2) is 4.79 Å². The van der Waals surface area contributed by atoms with Gasteiger partial charge >= 0.3 is 5.97 Å². The lowest BCUT2D eigenvalue weighted by Crippen LogP contribution is -2.36. The Morgan fingerprint density at radius 2 is 1.90 bits per heavy atom. The van der Waals surface area contributed by atoms with Crippen molar-refractivity contribution < 1.29 is 14.3 Å². The third-order valence-corrected chi connectivity index (χ3v) is 9.42. The predicted octanol–water partition coefficient (Wildman–Crippen LogP) is 5.52. The van der Waals surface area contributed by atoms with Crippen LogP contribution in [0.4, 0.5) is 11.4 Å². The fourth-order valence-corrected chi connectivity index (χ4v) is 7.18. The maximum Gasteiger partial charge on any atom is 0.334 e. The number of pyridine rings is 2. The highest BCUT2D eigenvalue weighted by Crippen LogP contribution is 2.52. The van der Waals surface area contributed by atoms with Crippen molar-refractivity contribution >= 4 is 40.9 Å². The van der Waals surface area contributed by atoms with Crippen molar-refractivity contribution in [1.82, 2.24) is 9.97 Å². The smallest absolute Gasteiger partial charge is 0.334 e. The van der Waals surface area contributed by atoms with Gasteiger partial charge in [0, 0.05) is 61.9 Å². The van der Waals surface area contributed by atoms with Crippen molar-refractivity contribution in [3.05, 3.63) is 88.5 Å². The van der Waals surface area contributed by atoms with Gasteiger partial charge in [-0.3, -0.25) is 9.78 Å². The first kappa shape index (κ1) is 26.5. The van der Waals surface area contributed by atoms with Crippen LogP contribution in [0.25, 0.3) is 11.3 Å². The first-order chi connectivity index (χ1) is 19.5. The molecule has 0 amide bonds. The molecule has 0 saturated carbocycles. The van der Waals surface area contributed by atoms with Crippen LogP contribution in [0.15, 0.2) is 91.2 Å². The van der Waals surface area contributed by atoms with Gasteiger partial charge in [-0.1, -0.05) is 41.7 Å². The van der Waals surface area contributed by atoms with Gasteiger partial charge in [0.2, 0.25) is 5.56 Å². The number of ether oxygens (including phenoxy) is 2. The number of nitrogens with one attached hydrogen (secondary N) is 2. The van der Waals surface area contributed by atoms with E-state index in [4.69, 9.17) is 9.47 Å². The number of H-pyrrole nitrogens is 1. The molecule has 6 rings (SSSR count). The Labute approximate surface area is 240 Å². The number of rotatable bonds is 6. The van der Waals surface area contributed by atoms with Crippen molar-refractivity contribution in [2.75, 3.05) is 43.6 Å². The summed E-state index contributed by atoms with van der Waals surface area (Å²) >= 11 is 3.35. The second-order valence-corrected chi connectivity index (χ2v) is 11.7. The summed E-state index contributed by atoms with van der Waals surface area (Å²) in [6.45, 7) is 4.80. The zero-order valence-corrected chi connectivity index (χ0v) is 23.7. The molecule has 1 saturated heterocycles. The second kappa shape index (κ2) is 11.4. The van der Waals surface area contributed by atoms with E-state index >= 15 is 0 Å². The SMILES string of the molecule is COC(=O)C(Nc1ccc2c(c1)Sc1cccc(-c3cc(N4CCOCC4)cc(=O)[nH]3)c1S2)c1ccc(C)cn1. The molecule has 1 atom stereocenters. The van der Waals surface area contributed by atoms with E-state index in [1.807, 2.05) is 37.3 Å². The van der Waals surface area contributed by atoms with E-state index in [0.29, 0.717) is 18.9 Å². The van der Waals surface area contributed by atoms with Gasteiger partial charge in [-0.15, -0.1) is 0 Å². The lowest BCUT2D eigenvalue weighted by molar-refractivity contribution is -0.141. The quantitative estimate of drug-likeness (QED) is 0.255. The summed E-state index contributed by atoms with van der Waals surface area (Å²) in [6.07, 6.45) is 1.74. The summed E-state index contributed by atoms with van der Waals surface area (Å²) in [5.41, 5.74) is 4.99. The van der Waals surface area contributed by atoms with E-state index in [1.165, 1.54) is 7.11 Å². The molecule has 1 fully saturated rings. The van der Waals surface area contributed by atoms with E-state index in [9.17, 15) is 9.59 Å². The van der Waals surface area contributed by atoms with Gasteiger partial charge in [0.05, 0.1) is 31.7 Å². The highest BCUT2D eigenvalue weighted by Gasteiger charge is 2.25. The largest absolute Gasteiger partial charge is 0.467 e. The third-order valence-electron chi connectivity index (χ3n) is 6.83. The van der Waals surface area contributed by atoms with Crippen LogP contribution in [0, 0.1) is 6.92 Å². The number of esters is 1. The van der Waals surface area contributed by atoms with Crippen LogP contribution in [0.1, 0.15) is 17.3 Å². The molecule has 0 aliphatic carbocycles. The Morgan fingerprint density at radius 3 is 2.67 bits per heavy atom. The summed E-state index contributed by atoms with van der Waals surface area (Å²) in [5, 5.41) is 3.31. The molecule has 2 aromatic heterocycles. The van der Waals surface area contributed by atoms with Crippen LogP contribution in [-0.4, -0.2) is 49.4 Å². The van der Waals surface area contributed by atoms with E-state index in [1.54, 1.807) is 35.8 Å². The highest BCUT2D eigenvalue weighted by molar-refractivity contribution is 8.05. The lowest BCUT2D eigenvalue weighted by atomic mass is 10.1. The maximum atomic E-state index is 12.6. The van der Waals surface area contributed by atoms with Gasteiger partial charge in [0.15, 0.2) is 6.04 Å². The van der Waals surface area contributed by atoms with Crippen LogP contribution in [0.5, 0.6) is 0 Å².